The molecule has 4 N–H and O–H groups in total. The second-order valence-electron chi connectivity index (χ2n) is 4.94. The zero-order valence-corrected chi connectivity index (χ0v) is 12.5. The molecule has 0 saturated heterocycles. The number of alkyl carbamates (subject to hydrolysis) is 1. The molecule has 0 spiro atoms. The molecule has 0 aromatic carbocycles. The van der Waals surface area contributed by atoms with E-state index in [1.807, 2.05) is 0 Å². The molecule has 8 heteroatoms. The Morgan fingerprint density at radius 1 is 1.33 bits per heavy atom. The lowest BCUT2D eigenvalue weighted by Crippen LogP contribution is -2.47. The fourth-order valence-corrected chi connectivity index (χ4v) is 1.82. The largest absolute Gasteiger partial charge is 0.453 e. The molecule has 1 aromatic heterocycles. The van der Waals surface area contributed by atoms with Crippen molar-refractivity contribution in [2.45, 2.75) is 19.9 Å². The standard InChI is InChI=1S/C13H20N4O4/c1-7(2)10(16-13(20)21-4)12(19)15-8-5-9(11(14)18)17(3)6-8/h5-7,10H,1-4H3,(H2,14,18)(H,15,19)(H,16,20)/t10-/m1/s1. The van der Waals surface area contributed by atoms with Crippen LogP contribution in [0.15, 0.2) is 12.3 Å². The van der Waals surface area contributed by atoms with Gasteiger partial charge in [0.2, 0.25) is 5.91 Å². The van der Waals surface area contributed by atoms with Gasteiger partial charge in [0.25, 0.3) is 5.91 Å². The van der Waals surface area contributed by atoms with Crippen LogP contribution in [0.3, 0.4) is 0 Å². The fraction of sp³-hybridized carbons (Fsp3) is 0.462. The molecule has 0 radical (unpaired) electrons. The zero-order valence-electron chi connectivity index (χ0n) is 12.5. The van der Waals surface area contributed by atoms with Gasteiger partial charge in [0.05, 0.1) is 12.8 Å². The summed E-state index contributed by atoms with van der Waals surface area (Å²) < 4.78 is 6.00. The summed E-state index contributed by atoms with van der Waals surface area (Å²) in [5, 5.41) is 5.09. The quantitative estimate of drug-likeness (QED) is 0.731. The number of methoxy groups -OCH3 is 1. The van der Waals surface area contributed by atoms with E-state index in [9.17, 15) is 14.4 Å². The fourth-order valence-electron chi connectivity index (χ4n) is 1.82. The highest BCUT2D eigenvalue weighted by Gasteiger charge is 2.25. The molecule has 0 bridgehead atoms. The number of anilines is 1. The Bertz CT molecular complexity index is 550. The lowest BCUT2D eigenvalue weighted by molar-refractivity contribution is -0.119. The van der Waals surface area contributed by atoms with Gasteiger partial charge in [-0.2, -0.15) is 0 Å². The minimum Gasteiger partial charge on any atom is -0.453 e. The number of ether oxygens (including phenoxy) is 1. The molecule has 0 aliphatic carbocycles. The molecule has 116 valence electrons. The number of amides is 3. The predicted octanol–water partition coefficient (Wildman–Crippen LogP) is 0.443. The Kier molecular flexibility index (Phi) is 5.34. The van der Waals surface area contributed by atoms with Gasteiger partial charge in [-0.05, 0) is 12.0 Å². The van der Waals surface area contributed by atoms with Gasteiger partial charge in [0, 0.05) is 13.2 Å². The second-order valence-corrected chi connectivity index (χ2v) is 4.94. The summed E-state index contributed by atoms with van der Waals surface area (Å²) in [7, 11) is 2.86. The first-order valence-corrected chi connectivity index (χ1v) is 6.37. The van der Waals surface area contributed by atoms with Crippen LogP contribution in [0.1, 0.15) is 24.3 Å². The van der Waals surface area contributed by atoms with Crippen LogP contribution in [-0.4, -0.2) is 35.6 Å². The molecule has 1 aromatic rings. The topological polar surface area (TPSA) is 115 Å². The summed E-state index contributed by atoms with van der Waals surface area (Å²) in [5.74, 6) is -1.13. The van der Waals surface area contributed by atoms with Crippen LogP contribution in [0.25, 0.3) is 0 Å². The maximum Gasteiger partial charge on any atom is 0.407 e. The van der Waals surface area contributed by atoms with E-state index in [2.05, 4.69) is 15.4 Å². The highest BCUT2D eigenvalue weighted by atomic mass is 16.5. The van der Waals surface area contributed by atoms with E-state index >= 15 is 0 Å². The maximum atomic E-state index is 12.2. The van der Waals surface area contributed by atoms with Gasteiger partial charge in [-0.3, -0.25) is 9.59 Å². The molecule has 1 heterocycles. The maximum absolute atomic E-state index is 12.2. The molecule has 1 atom stereocenters. The molecule has 0 fully saturated rings. The van der Waals surface area contributed by atoms with E-state index in [0.29, 0.717) is 5.69 Å². The molecule has 0 aliphatic heterocycles. The Morgan fingerprint density at radius 3 is 2.38 bits per heavy atom. The van der Waals surface area contributed by atoms with Crippen molar-refractivity contribution in [3.8, 4) is 0 Å². The number of hydrogen-bond acceptors (Lipinski definition) is 4. The number of carbonyl (C=O) groups is 3. The van der Waals surface area contributed by atoms with Crippen molar-refractivity contribution >= 4 is 23.6 Å². The first-order chi connectivity index (χ1) is 9.76. The number of nitrogens with zero attached hydrogens (tertiary/aromatic N) is 1. The van der Waals surface area contributed by atoms with E-state index in [-0.39, 0.29) is 11.6 Å². The molecule has 0 unspecified atom stereocenters. The number of aromatic nitrogens is 1. The van der Waals surface area contributed by atoms with Crippen molar-refractivity contribution in [3.63, 3.8) is 0 Å². The van der Waals surface area contributed by atoms with E-state index in [1.165, 1.54) is 17.7 Å². The van der Waals surface area contributed by atoms with Crippen LogP contribution >= 0.6 is 0 Å². The third-order valence-corrected chi connectivity index (χ3v) is 2.93. The van der Waals surface area contributed by atoms with Crippen molar-refractivity contribution < 1.29 is 19.1 Å². The van der Waals surface area contributed by atoms with Crippen molar-refractivity contribution in [3.05, 3.63) is 18.0 Å². The van der Waals surface area contributed by atoms with E-state index in [0.717, 1.165) is 0 Å². The minimum absolute atomic E-state index is 0.136. The van der Waals surface area contributed by atoms with Gasteiger partial charge >= 0.3 is 6.09 Å². The van der Waals surface area contributed by atoms with Gasteiger partial charge in [0.15, 0.2) is 0 Å². The Balaban J connectivity index is 2.84. The summed E-state index contributed by atoms with van der Waals surface area (Å²) >= 11 is 0. The number of aryl methyl sites for hydroxylation is 1. The van der Waals surface area contributed by atoms with Crippen molar-refractivity contribution in [2.24, 2.45) is 18.7 Å². The predicted molar refractivity (Wildman–Crippen MR) is 76.7 cm³/mol. The first kappa shape index (κ1) is 16.5. The summed E-state index contributed by atoms with van der Waals surface area (Å²) in [6.45, 7) is 3.58. The lowest BCUT2D eigenvalue weighted by atomic mass is 10.0. The van der Waals surface area contributed by atoms with E-state index in [4.69, 9.17) is 5.73 Å². The summed E-state index contributed by atoms with van der Waals surface area (Å²) in [5.41, 5.74) is 5.90. The molecule has 3 amide bonds. The number of carbonyl (C=O) groups excluding carboxylic acids is 3. The van der Waals surface area contributed by atoms with Crippen LogP contribution in [0.2, 0.25) is 0 Å². The third kappa shape index (κ3) is 4.23. The molecule has 1 rings (SSSR count). The summed E-state index contributed by atoms with van der Waals surface area (Å²) in [4.78, 5) is 34.6. The number of rotatable bonds is 5. The molecule has 8 nitrogen and oxygen atoms in total. The van der Waals surface area contributed by atoms with Crippen LogP contribution in [0.4, 0.5) is 10.5 Å². The molecular weight excluding hydrogens is 276 g/mol. The smallest absolute Gasteiger partial charge is 0.407 e. The van der Waals surface area contributed by atoms with Crippen LogP contribution in [-0.2, 0) is 16.6 Å². The van der Waals surface area contributed by atoms with Crippen LogP contribution in [0.5, 0.6) is 0 Å². The number of hydrogen-bond donors (Lipinski definition) is 3. The van der Waals surface area contributed by atoms with Crippen LogP contribution < -0.4 is 16.4 Å². The van der Waals surface area contributed by atoms with Crippen molar-refractivity contribution in [1.82, 2.24) is 9.88 Å². The van der Waals surface area contributed by atoms with Crippen molar-refractivity contribution in [1.29, 1.82) is 0 Å². The molecule has 0 aliphatic rings. The van der Waals surface area contributed by atoms with Crippen LogP contribution in [0, 0.1) is 5.92 Å². The van der Waals surface area contributed by atoms with Gasteiger partial charge in [-0.25, -0.2) is 4.79 Å². The number of primary amides is 1. The number of nitrogens with two attached hydrogens (primary N) is 1. The SMILES string of the molecule is COC(=O)N[C@@H](C(=O)Nc1cc(C(N)=O)n(C)c1)C(C)C. The summed E-state index contributed by atoms with van der Waals surface area (Å²) in [6.07, 6.45) is 0.878. The molecule has 21 heavy (non-hydrogen) atoms. The number of nitrogens with one attached hydrogen (secondary N) is 2. The second kappa shape index (κ2) is 6.78. The highest BCUT2D eigenvalue weighted by Crippen LogP contribution is 2.14. The first-order valence-electron chi connectivity index (χ1n) is 6.37. The van der Waals surface area contributed by atoms with Gasteiger partial charge in [-0.1, -0.05) is 13.8 Å². The lowest BCUT2D eigenvalue weighted by Gasteiger charge is -2.20. The third-order valence-electron chi connectivity index (χ3n) is 2.93. The molecule has 0 saturated carbocycles. The minimum atomic E-state index is -0.755. The highest BCUT2D eigenvalue weighted by molar-refractivity contribution is 5.98. The van der Waals surface area contributed by atoms with E-state index in [1.54, 1.807) is 27.1 Å². The van der Waals surface area contributed by atoms with E-state index < -0.39 is 23.9 Å². The Hall–Kier alpha value is -2.51. The van der Waals surface area contributed by atoms with Gasteiger partial charge in [-0.15, -0.1) is 0 Å². The van der Waals surface area contributed by atoms with Gasteiger partial charge < -0.3 is 25.7 Å². The average molecular weight is 296 g/mol. The van der Waals surface area contributed by atoms with Crippen molar-refractivity contribution in [2.75, 3.05) is 12.4 Å². The Morgan fingerprint density at radius 2 is 1.95 bits per heavy atom. The normalized spacial score (nSPS) is 11.9. The summed E-state index contributed by atoms with van der Waals surface area (Å²) in [6, 6.07) is 0.713. The monoisotopic (exact) mass is 296 g/mol. The zero-order chi connectivity index (χ0) is 16.2. The molecular formula is C13H20N4O4. The Labute approximate surface area is 122 Å². The average Bonchev–Trinajstić information content (AvgIpc) is 2.75. The van der Waals surface area contributed by atoms with Gasteiger partial charge in [0.1, 0.15) is 11.7 Å².